The molecule has 2 rings (SSSR count). The number of carbonyl (C=O) groups is 1. The Morgan fingerprint density at radius 1 is 1.48 bits per heavy atom. The summed E-state index contributed by atoms with van der Waals surface area (Å²) in [6.07, 6.45) is -3.14. The molecule has 0 atom stereocenters. The van der Waals surface area contributed by atoms with Crippen molar-refractivity contribution in [3.8, 4) is 5.69 Å². The Labute approximate surface area is 120 Å². The summed E-state index contributed by atoms with van der Waals surface area (Å²) in [4.78, 5) is 21.0. The molecule has 0 fully saturated rings. The van der Waals surface area contributed by atoms with Crippen molar-refractivity contribution < 1.29 is 23.6 Å². The van der Waals surface area contributed by atoms with Gasteiger partial charge in [0.1, 0.15) is 16.4 Å². The Morgan fingerprint density at radius 3 is 2.62 bits per heavy atom. The molecular weight excluding hydrogens is 312 g/mol. The van der Waals surface area contributed by atoms with Crippen LogP contribution in [0.4, 0.5) is 14.5 Å². The summed E-state index contributed by atoms with van der Waals surface area (Å²) in [5.41, 5.74) is -2.14. The van der Waals surface area contributed by atoms with Gasteiger partial charge in [-0.3, -0.25) is 10.1 Å². The van der Waals surface area contributed by atoms with Crippen LogP contribution < -0.4 is 0 Å². The van der Waals surface area contributed by atoms with Gasteiger partial charge in [-0.25, -0.2) is 18.3 Å². The molecule has 1 aromatic carbocycles. The lowest BCUT2D eigenvalue weighted by Gasteiger charge is -2.02. The second kappa shape index (κ2) is 5.44. The van der Waals surface area contributed by atoms with E-state index in [2.05, 4.69) is 5.10 Å². The maximum absolute atomic E-state index is 12.8. The number of non-ortho nitro benzene ring substituents is 1. The zero-order chi connectivity index (χ0) is 15.7. The first kappa shape index (κ1) is 14.9. The Balaban J connectivity index is 2.65. The first-order chi connectivity index (χ1) is 9.82. The van der Waals surface area contributed by atoms with E-state index in [0.717, 1.165) is 10.7 Å². The van der Waals surface area contributed by atoms with Crippen molar-refractivity contribution in [3.05, 3.63) is 50.8 Å². The molecule has 21 heavy (non-hydrogen) atoms. The number of alkyl halides is 2. The Morgan fingerprint density at radius 2 is 2.14 bits per heavy atom. The molecule has 0 aliphatic rings. The van der Waals surface area contributed by atoms with Crippen molar-refractivity contribution in [2.75, 3.05) is 0 Å². The number of nitrogens with zero attached hydrogens (tertiary/aromatic N) is 3. The van der Waals surface area contributed by atoms with E-state index in [9.17, 15) is 23.7 Å². The average molecular weight is 318 g/mol. The predicted octanol–water partition coefficient (Wildman–Crippen LogP) is 3.07. The van der Waals surface area contributed by atoms with Crippen LogP contribution in [-0.4, -0.2) is 25.8 Å². The highest BCUT2D eigenvalue weighted by Crippen LogP contribution is 2.30. The Hall–Kier alpha value is -2.55. The lowest BCUT2D eigenvalue weighted by atomic mass is 10.2. The summed E-state index contributed by atoms with van der Waals surface area (Å²) in [6.45, 7) is 0. The molecule has 0 unspecified atom stereocenters. The number of aromatic nitrogens is 2. The number of benzene rings is 1. The topological polar surface area (TPSA) is 98.3 Å². The second-order valence-corrected chi connectivity index (χ2v) is 4.20. The first-order valence-corrected chi connectivity index (χ1v) is 5.75. The number of rotatable bonds is 4. The maximum Gasteiger partial charge on any atom is 0.341 e. The standard InChI is InChI=1S/C11H6ClF2N3O4/c12-9-7(11(18)19)8(10(13)14)15-16(9)5-2-1-3-6(4-5)17(20)21/h1-4,10H,(H,18,19). The molecule has 0 spiro atoms. The fraction of sp³-hybridized carbons (Fsp3) is 0.0909. The van der Waals surface area contributed by atoms with E-state index in [0.29, 0.717) is 0 Å². The van der Waals surface area contributed by atoms with Crippen molar-refractivity contribution in [1.82, 2.24) is 9.78 Å². The van der Waals surface area contributed by atoms with Gasteiger partial charge in [-0.15, -0.1) is 0 Å². The van der Waals surface area contributed by atoms with Gasteiger partial charge in [-0.2, -0.15) is 5.10 Å². The van der Waals surface area contributed by atoms with Crippen LogP contribution in [0.1, 0.15) is 22.5 Å². The first-order valence-electron chi connectivity index (χ1n) is 5.37. The molecule has 110 valence electrons. The molecule has 1 aromatic heterocycles. The monoisotopic (exact) mass is 317 g/mol. The number of nitro groups is 1. The minimum Gasteiger partial charge on any atom is -0.478 e. The lowest BCUT2D eigenvalue weighted by Crippen LogP contribution is -2.01. The fourth-order valence-electron chi connectivity index (χ4n) is 1.67. The van der Waals surface area contributed by atoms with Crippen LogP contribution in [-0.2, 0) is 0 Å². The van der Waals surface area contributed by atoms with Crippen LogP contribution >= 0.6 is 11.6 Å². The number of nitro benzene ring substituents is 1. The van der Waals surface area contributed by atoms with E-state index in [1.807, 2.05) is 0 Å². The van der Waals surface area contributed by atoms with Crippen LogP contribution in [0, 0.1) is 10.1 Å². The van der Waals surface area contributed by atoms with E-state index in [4.69, 9.17) is 16.7 Å². The zero-order valence-corrected chi connectivity index (χ0v) is 10.8. The van der Waals surface area contributed by atoms with Gasteiger partial charge < -0.3 is 5.11 Å². The third-order valence-corrected chi connectivity index (χ3v) is 2.91. The number of halogens is 3. The van der Waals surface area contributed by atoms with Gasteiger partial charge in [-0.1, -0.05) is 17.7 Å². The minimum atomic E-state index is -3.14. The molecule has 0 aliphatic carbocycles. The summed E-state index contributed by atoms with van der Waals surface area (Å²) in [6, 6.07) is 4.85. The molecule has 0 bridgehead atoms. The maximum atomic E-state index is 12.8. The largest absolute Gasteiger partial charge is 0.478 e. The average Bonchev–Trinajstić information content (AvgIpc) is 2.76. The van der Waals surface area contributed by atoms with Gasteiger partial charge in [0.25, 0.3) is 12.1 Å². The molecule has 0 amide bonds. The van der Waals surface area contributed by atoms with Crippen molar-refractivity contribution in [2.24, 2.45) is 0 Å². The van der Waals surface area contributed by atoms with Crippen molar-refractivity contribution in [3.63, 3.8) is 0 Å². The van der Waals surface area contributed by atoms with Crippen LogP contribution in [0.5, 0.6) is 0 Å². The number of carboxylic acids is 1. The molecule has 0 radical (unpaired) electrons. The molecule has 1 N–H and O–H groups in total. The molecule has 1 heterocycles. The third kappa shape index (κ3) is 2.68. The zero-order valence-electron chi connectivity index (χ0n) is 10.0. The van der Waals surface area contributed by atoms with Gasteiger partial charge in [0, 0.05) is 12.1 Å². The summed E-state index contributed by atoms with van der Waals surface area (Å²) in [7, 11) is 0. The van der Waals surface area contributed by atoms with Gasteiger partial charge in [-0.05, 0) is 6.07 Å². The quantitative estimate of drug-likeness (QED) is 0.690. The van der Waals surface area contributed by atoms with Crippen LogP contribution in [0.3, 0.4) is 0 Å². The highest BCUT2D eigenvalue weighted by molar-refractivity contribution is 6.33. The molecular formula is C11H6ClF2N3O4. The van der Waals surface area contributed by atoms with Crippen LogP contribution in [0.25, 0.3) is 5.69 Å². The molecule has 0 saturated carbocycles. The number of hydrogen-bond acceptors (Lipinski definition) is 4. The van der Waals surface area contributed by atoms with Gasteiger partial charge in [0.15, 0.2) is 0 Å². The molecule has 0 saturated heterocycles. The van der Waals surface area contributed by atoms with Crippen molar-refractivity contribution in [1.29, 1.82) is 0 Å². The van der Waals surface area contributed by atoms with E-state index in [1.165, 1.54) is 18.2 Å². The molecule has 10 heteroatoms. The summed E-state index contributed by atoms with van der Waals surface area (Å²) >= 11 is 5.75. The van der Waals surface area contributed by atoms with E-state index in [-0.39, 0.29) is 11.4 Å². The number of carboxylic acid groups (broad SMARTS) is 1. The second-order valence-electron chi connectivity index (χ2n) is 3.85. The molecule has 7 nitrogen and oxygen atoms in total. The summed E-state index contributed by atoms with van der Waals surface area (Å²) in [5, 5.41) is 22.5. The van der Waals surface area contributed by atoms with E-state index >= 15 is 0 Å². The smallest absolute Gasteiger partial charge is 0.341 e. The fourth-order valence-corrected chi connectivity index (χ4v) is 1.99. The highest BCUT2D eigenvalue weighted by Gasteiger charge is 2.28. The summed E-state index contributed by atoms with van der Waals surface area (Å²) < 4.78 is 26.3. The molecule has 0 aliphatic heterocycles. The normalized spacial score (nSPS) is 10.9. The minimum absolute atomic E-state index is 0.00333. The van der Waals surface area contributed by atoms with Crippen molar-refractivity contribution in [2.45, 2.75) is 6.43 Å². The third-order valence-electron chi connectivity index (χ3n) is 2.56. The SMILES string of the molecule is O=C(O)c1c(C(F)F)nn(-c2cccc([N+](=O)[O-])c2)c1Cl. The molecule has 2 aromatic rings. The van der Waals surface area contributed by atoms with Crippen molar-refractivity contribution >= 4 is 23.3 Å². The number of aromatic carboxylic acids is 1. The Bertz CT molecular complexity index is 732. The van der Waals surface area contributed by atoms with Gasteiger partial charge in [0.05, 0.1) is 10.6 Å². The number of hydrogen-bond donors (Lipinski definition) is 1. The van der Waals surface area contributed by atoms with Gasteiger partial charge in [0.2, 0.25) is 0 Å². The Kier molecular flexibility index (Phi) is 3.85. The highest BCUT2D eigenvalue weighted by atomic mass is 35.5. The van der Waals surface area contributed by atoms with Gasteiger partial charge >= 0.3 is 5.97 Å². The van der Waals surface area contributed by atoms with Crippen LogP contribution in [0.15, 0.2) is 24.3 Å². The lowest BCUT2D eigenvalue weighted by molar-refractivity contribution is -0.384. The van der Waals surface area contributed by atoms with E-state index in [1.54, 1.807) is 0 Å². The van der Waals surface area contributed by atoms with E-state index < -0.39 is 33.7 Å². The van der Waals surface area contributed by atoms with Crippen LogP contribution in [0.2, 0.25) is 5.15 Å². The predicted molar refractivity (Wildman–Crippen MR) is 67.1 cm³/mol. The summed E-state index contributed by atoms with van der Waals surface area (Å²) in [5.74, 6) is -1.66.